The number of benzene rings is 2. The number of morpholine rings is 1. The molecule has 0 amide bonds. The Balaban J connectivity index is 0.00000167. The molecule has 0 spiro atoms. The van der Waals surface area contributed by atoms with Gasteiger partial charge in [0.25, 0.3) is 10.0 Å². The van der Waals surface area contributed by atoms with E-state index in [0.717, 1.165) is 3.97 Å². The number of sulfonamides is 1. The molecule has 0 saturated carbocycles. The lowest BCUT2D eigenvalue weighted by Gasteiger charge is -2.30. The van der Waals surface area contributed by atoms with E-state index in [1.807, 2.05) is 13.8 Å². The van der Waals surface area contributed by atoms with Crippen molar-refractivity contribution < 1.29 is 31.1 Å². The Bertz CT molecular complexity index is 1400. The molecule has 1 unspecified atom stereocenters. The summed E-state index contributed by atoms with van der Waals surface area (Å²) in [6, 6.07) is 13.7. The van der Waals surface area contributed by atoms with Crippen molar-refractivity contribution in [2.75, 3.05) is 26.3 Å². The van der Waals surface area contributed by atoms with Crippen LogP contribution in [-0.2, 0) is 29.5 Å². The van der Waals surface area contributed by atoms with Crippen LogP contribution in [0.4, 0.5) is 0 Å². The SMILES string of the molecule is CC.CCOC(=O)c1c(S(=O)(=O)N2CCOC(C)C2)c2ccccc2n1S(=O)(=O)c1ccccc1. The van der Waals surface area contributed by atoms with E-state index in [9.17, 15) is 21.6 Å². The maximum atomic E-state index is 13.8. The minimum absolute atomic E-state index is 0.0557. The van der Waals surface area contributed by atoms with Gasteiger partial charge in [0, 0.05) is 18.5 Å². The average molecular weight is 523 g/mol. The molecular formula is C24H30N2O7S2. The number of carbonyl (C=O) groups is 1. The second kappa shape index (κ2) is 10.9. The van der Waals surface area contributed by atoms with Crippen molar-refractivity contribution in [3.8, 4) is 0 Å². The van der Waals surface area contributed by atoms with E-state index in [1.54, 1.807) is 44.2 Å². The second-order valence-corrected chi connectivity index (χ2v) is 11.2. The number of hydrogen-bond acceptors (Lipinski definition) is 7. The zero-order chi connectivity index (χ0) is 25.8. The maximum absolute atomic E-state index is 13.8. The van der Waals surface area contributed by atoms with Gasteiger partial charge in [0.2, 0.25) is 10.0 Å². The first-order valence-corrected chi connectivity index (χ1v) is 14.3. The molecular weight excluding hydrogens is 492 g/mol. The Kier molecular flexibility index (Phi) is 8.37. The van der Waals surface area contributed by atoms with Crippen molar-refractivity contribution >= 4 is 36.9 Å². The average Bonchev–Trinajstić information content (AvgIpc) is 3.23. The van der Waals surface area contributed by atoms with Gasteiger partial charge in [0.1, 0.15) is 4.90 Å². The third-order valence-electron chi connectivity index (χ3n) is 5.34. The Hall–Kier alpha value is -2.73. The molecule has 1 saturated heterocycles. The maximum Gasteiger partial charge on any atom is 0.357 e. The van der Waals surface area contributed by atoms with E-state index in [4.69, 9.17) is 9.47 Å². The molecule has 1 aromatic heterocycles. The van der Waals surface area contributed by atoms with E-state index in [-0.39, 0.29) is 53.1 Å². The summed E-state index contributed by atoms with van der Waals surface area (Å²) in [6.45, 7) is 7.61. The van der Waals surface area contributed by atoms with Gasteiger partial charge in [0.05, 0.1) is 29.7 Å². The molecule has 1 aliphatic rings. The molecule has 2 heterocycles. The number of para-hydroxylation sites is 1. The van der Waals surface area contributed by atoms with Crippen LogP contribution < -0.4 is 0 Å². The normalized spacial score (nSPS) is 17.0. The first-order chi connectivity index (χ1) is 16.7. The molecule has 0 N–H and O–H groups in total. The first kappa shape index (κ1) is 26.9. The molecule has 11 heteroatoms. The summed E-state index contributed by atoms with van der Waals surface area (Å²) in [4.78, 5) is 12.6. The summed E-state index contributed by atoms with van der Waals surface area (Å²) in [7, 11) is -8.60. The number of esters is 1. The van der Waals surface area contributed by atoms with Gasteiger partial charge in [-0.1, -0.05) is 50.2 Å². The van der Waals surface area contributed by atoms with Crippen molar-refractivity contribution in [2.24, 2.45) is 0 Å². The number of ether oxygens (including phenoxy) is 2. The standard InChI is InChI=1S/C22H24N2O7S2.C2H6/c1-3-30-22(25)20-21(33(28,29)23-13-14-31-16(2)15-23)18-11-7-8-12-19(18)24(20)32(26,27)17-9-5-4-6-10-17;1-2/h4-12,16H,3,13-15H2,1-2H3;1-2H3. The van der Waals surface area contributed by atoms with E-state index in [1.165, 1.54) is 28.6 Å². The van der Waals surface area contributed by atoms with Gasteiger partial charge >= 0.3 is 5.97 Å². The smallest absolute Gasteiger partial charge is 0.357 e. The molecule has 1 fully saturated rings. The van der Waals surface area contributed by atoms with Crippen molar-refractivity contribution in [2.45, 2.75) is 43.6 Å². The van der Waals surface area contributed by atoms with Crippen molar-refractivity contribution in [1.82, 2.24) is 8.28 Å². The molecule has 190 valence electrons. The first-order valence-electron chi connectivity index (χ1n) is 11.4. The number of carbonyl (C=O) groups excluding carboxylic acids is 1. The van der Waals surface area contributed by atoms with Crippen LogP contribution in [0, 0.1) is 0 Å². The second-order valence-electron chi connectivity index (χ2n) is 7.54. The van der Waals surface area contributed by atoms with Gasteiger partial charge in [-0.2, -0.15) is 4.31 Å². The van der Waals surface area contributed by atoms with E-state index in [2.05, 4.69) is 0 Å². The lowest BCUT2D eigenvalue weighted by Crippen LogP contribution is -2.44. The third-order valence-corrected chi connectivity index (χ3v) is 9.01. The van der Waals surface area contributed by atoms with Gasteiger partial charge < -0.3 is 9.47 Å². The van der Waals surface area contributed by atoms with Crippen molar-refractivity contribution in [3.63, 3.8) is 0 Å². The Morgan fingerprint density at radius 2 is 1.63 bits per heavy atom. The van der Waals surface area contributed by atoms with E-state index in [0.29, 0.717) is 0 Å². The third kappa shape index (κ3) is 4.99. The topological polar surface area (TPSA) is 112 Å². The van der Waals surface area contributed by atoms with Crippen LogP contribution in [0.15, 0.2) is 64.4 Å². The predicted octanol–water partition coefficient (Wildman–Crippen LogP) is 3.49. The van der Waals surface area contributed by atoms with Gasteiger partial charge in [-0.3, -0.25) is 0 Å². The molecule has 1 atom stereocenters. The van der Waals surface area contributed by atoms with E-state index < -0.39 is 31.7 Å². The minimum atomic E-state index is -4.33. The molecule has 0 aliphatic carbocycles. The van der Waals surface area contributed by atoms with Gasteiger partial charge in [-0.25, -0.2) is 25.6 Å². The zero-order valence-electron chi connectivity index (χ0n) is 20.2. The highest BCUT2D eigenvalue weighted by molar-refractivity contribution is 7.91. The fourth-order valence-electron chi connectivity index (χ4n) is 3.90. The highest BCUT2D eigenvalue weighted by Crippen LogP contribution is 2.36. The summed E-state index contributed by atoms with van der Waals surface area (Å²) >= 11 is 0. The summed E-state index contributed by atoms with van der Waals surface area (Å²) in [6.07, 6.45) is -0.346. The highest BCUT2D eigenvalue weighted by Gasteiger charge is 2.40. The fraction of sp³-hybridized carbons (Fsp3) is 0.375. The van der Waals surface area contributed by atoms with Crippen LogP contribution in [0.5, 0.6) is 0 Å². The number of aromatic nitrogens is 1. The molecule has 4 rings (SSSR count). The van der Waals surface area contributed by atoms with Crippen LogP contribution in [0.25, 0.3) is 10.9 Å². The van der Waals surface area contributed by atoms with Crippen LogP contribution in [0.2, 0.25) is 0 Å². The Labute approximate surface area is 206 Å². The largest absolute Gasteiger partial charge is 0.461 e. The van der Waals surface area contributed by atoms with Crippen molar-refractivity contribution in [3.05, 3.63) is 60.3 Å². The lowest BCUT2D eigenvalue weighted by molar-refractivity contribution is 0.0102. The van der Waals surface area contributed by atoms with E-state index >= 15 is 0 Å². The summed E-state index contributed by atoms with van der Waals surface area (Å²) in [5, 5.41) is 0.124. The van der Waals surface area contributed by atoms with Crippen LogP contribution >= 0.6 is 0 Å². The molecule has 0 bridgehead atoms. The van der Waals surface area contributed by atoms with Crippen molar-refractivity contribution in [1.29, 1.82) is 0 Å². The fourth-order valence-corrected chi connectivity index (χ4v) is 7.34. The van der Waals surface area contributed by atoms with Gasteiger partial charge in [-0.15, -0.1) is 0 Å². The van der Waals surface area contributed by atoms with Crippen LogP contribution in [-0.4, -0.2) is 63.5 Å². The zero-order valence-corrected chi connectivity index (χ0v) is 21.8. The monoisotopic (exact) mass is 522 g/mol. The highest BCUT2D eigenvalue weighted by atomic mass is 32.2. The molecule has 9 nitrogen and oxygen atoms in total. The molecule has 3 aromatic rings. The summed E-state index contributed by atoms with van der Waals surface area (Å²) in [5.74, 6) is -1.03. The Morgan fingerprint density at radius 1 is 1.00 bits per heavy atom. The number of rotatable bonds is 6. The molecule has 1 aliphatic heterocycles. The number of nitrogens with zero attached hydrogens (tertiary/aromatic N) is 2. The quantitative estimate of drug-likeness (QED) is 0.456. The summed E-state index contributed by atoms with van der Waals surface area (Å²) in [5.41, 5.74) is -0.467. The molecule has 0 radical (unpaired) electrons. The molecule has 2 aromatic carbocycles. The Morgan fingerprint density at radius 3 is 2.26 bits per heavy atom. The number of hydrogen-bond donors (Lipinski definition) is 0. The van der Waals surface area contributed by atoms with Gasteiger partial charge in [0.15, 0.2) is 5.69 Å². The number of fused-ring (bicyclic) bond motifs is 1. The minimum Gasteiger partial charge on any atom is -0.461 e. The predicted molar refractivity (Wildman–Crippen MR) is 132 cm³/mol. The van der Waals surface area contributed by atoms with Gasteiger partial charge in [-0.05, 0) is 32.0 Å². The van der Waals surface area contributed by atoms with Crippen LogP contribution in [0.1, 0.15) is 38.2 Å². The van der Waals surface area contributed by atoms with Crippen LogP contribution in [0.3, 0.4) is 0 Å². The molecule has 35 heavy (non-hydrogen) atoms. The lowest BCUT2D eigenvalue weighted by atomic mass is 10.2. The summed E-state index contributed by atoms with van der Waals surface area (Å²) < 4.78 is 67.6.